The molecule has 1 aromatic heterocycles. The normalized spacial score (nSPS) is 13.7. The number of aromatic nitrogens is 2. The minimum absolute atomic E-state index is 0.0190. The minimum Gasteiger partial charge on any atom is -0.497 e. The molecule has 0 atom stereocenters. The van der Waals surface area contributed by atoms with Crippen LogP contribution in [0.1, 0.15) is 29.9 Å². The van der Waals surface area contributed by atoms with Crippen LogP contribution in [0.3, 0.4) is 0 Å². The Morgan fingerprint density at radius 2 is 1.80 bits per heavy atom. The fourth-order valence-electron chi connectivity index (χ4n) is 3.01. The van der Waals surface area contributed by atoms with E-state index in [1.807, 2.05) is 25.1 Å². The fourth-order valence-corrected chi connectivity index (χ4v) is 4.07. The van der Waals surface area contributed by atoms with E-state index in [0.717, 1.165) is 24.0 Å². The zero-order valence-corrected chi connectivity index (χ0v) is 17.9. The van der Waals surface area contributed by atoms with Crippen LogP contribution >= 0.6 is 11.6 Å². The van der Waals surface area contributed by atoms with Gasteiger partial charge in [-0.25, -0.2) is 0 Å². The van der Waals surface area contributed by atoms with Gasteiger partial charge in [0.1, 0.15) is 16.4 Å². The predicted molar refractivity (Wildman–Crippen MR) is 111 cm³/mol. The molecule has 3 aromatic rings. The molecule has 1 heterocycles. The lowest BCUT2D eigenvalue weighted by atomic mass is 10.1. The van der Waals surface area contributed by atoms with Crippen LogP contribution in [0, 0.1) is 6.92 Å². The Morgan fingerprint density at radius 3 is 2.47 bits per heavy atom. The van der Waals surface area contributed by atoms with Crippen molar-refractivity contribution in [2.24, 2.45) is 0 Å². The maximum Gasteiger partial charge on any atom is 0.339 e. The first-order valence-corrected chi connectivity index (χ1v) is 11.0. The highest BCUT2D eigenvalue weighted by Crippen LogP contribution is 2.47. The SMILES string of the molecule is COc1ccc(S(=O)(=O)Oc2cc(Cl)nnc2Oc2c(C)cccc2C2CC2)cc1. The Hall–Kier alpha value is -2.84. The van der Waals surface area contributed by atoms with Crippen LogP contribution in [0.4, 0.5) is 0 Å². The quantitative estimate of drug-likeness (QED) is 0.477. The van der Waals surface area contributed by atoms with Gasteiger partial charge in [0, 0.05) is 6.07 Å². The number of benzene rings is 2. The smallest absolute Gasteiger partial charge is 0.339 e. The summed E-state index contributed by atoms with van der Waals surface area (Å²) in [7, 11) is -2.66. The zero-order valence-electron chi connectivity index (χ0n) is 16.3. The third-order valence-electron chi connectivity index (χ3n) is 4.70. The van der Waals surface area contributed by atoms with E-state index < -0.39 is 10.1 Å². The van der Waals surface area contributed by atoms with Gasteiger partial charge in [-0.1, -0.05) is 29.8 Å². The van der Waals surface area contributed by atoms with Gasteiger partial charge in [-0.15, -0.1) is 10.2 Å². The van der Waals surface area contributed by atoms with E-state index in [-0.39, 0.29) is 21.7 Å². The highest BCUT2D eigenvalue weighted by atomic mass is 35.5. The van der Waals surface area contributed by atoms with Crippen molar-refractivity contribution in [3.63, 3.8) is 0 Å². The number of ether oxygens (including phenoxy) is 2. The topological polar surface area (TPSA) is 87.6 Å². The van der Waals surface area contributed by atoms with Gasteiger partial charge in [0.05, 0.1) is 7.11 Å². The minimum atomic E-state index is -4.16. The molecule has 1 saturated carbocycles. The Balaban J connectivity index is 1.68. The molecule has 156 valence electrons. The molecule has 9 heteroatoms. The van der Waals surface area contributed by atoms with Gasteiger partial charge in [-0.05, 0) is 61.1 Å². The first kappa shape index (κ1) is 20.4. The van der Waals surface area contributed by atoms with Crippen LogP contribution in [0.25, 0.3) is 0 Å². The molecule has 0 bridgehead atoms. The maximum absolute atomic E-state index is 12.8. The molecule has 0 spiro atoms. The van der Waals surface area contributed by atoms with Gasteiger partial charge in [-0.3, -0.25) is 0 Å². The first-order chi connectivity index (χ1) is 14.4. The number of hydrogen-bond acceptors (Lipinski definition) is 7. The molecule has 0 N–H and O–H groups in total. The summed E-state index contributed by atoms with van der Waals surface area (Å²) in [5.74, 6) is 1.36. The van der Waals surface area contributed by atoms with E-state index in [1.54, 1.807) is 0 Å². The molecule has 0 unspecified atom stereocenters. The second-order valence-electron chi connectivity index (χ2n) is 6.92. The third kappa shape index (κ3) is 4.34. The Bertz CT molecular complexity index is 1180. The number of halogens is 1. The summed E-state index contributed by atoms with van der Waals surface area (Å²) in [5.41, 5.74) is 1.95. The number of para-hydroxylation sites is 1. The van der Waals surface area contributed by atoms with E-state index in [9.17, 15) is 8.42 Å². The predicted octanol–water partition coefficient (Wildman–Crippen LogP) is 4.88. The van der Waals surface area contributed by atoms with Crippen molar-refractivity contribution in [2.45, 2.75) is 30.6 Å². The third-order valence-corrected chi connectivity index (χ3v) is 6.14. The summed E-state index contributed by atoms with van der Waals surface area (Å²) >= 11 is 5.94. The van der Waals surface area contributed by atoms with Crippen molar-refractivity contribution in [3.8, 4) is 23.1 Å². The second kappa shape index (κ2) is 8.12. The van der Waals surface area contributed by atoms with Crippen molar-refractivity contribution in [2.75, 3.05) is 7.11 Å². The molecule has 1 aliphatic carbocycles. The fraction of sp³-hybridized carbons (Fsp3) is 0.238. The molecule has 1 aliphatic rings. The lowest BCUT2D eigenvalue weighted by Crippen LogP contribution is -2.11. The van der Waals surface area contributed by atoms with Gasteiger partial charge < -0.3 is 13.7 Å². The maximum atomic E-state index is 12.8. The number of rotatable bonds is 7. The molecule has 2 aromatic carbocycles. The number of aryl methyl sites for hydroxylation is 1. The van der Waals surface area contributed by atoms with E-state index in [0.29, 0.717) is 17.4 Å². The lowest BCUT2D eigenvalue weighted by Gasteiger charge is -2.15. The van der Waals surface area contributed by atoms with E-state index in [2.05, 4.69) is 10.2 Å². The standard InChI is InChI=1S/C21H19ClN2O5S/c1-13-4-3-5-17(14-6-7-14)20(13)28-21-18(12-19(22)23-24-21)29-30(25,26)16-10-8-15(27-2)9-11-16/h3-5,8-12,14H,6-7H2,1-2H3. The van der Waals surface area contributed by atoms with Gasteiger partial charge >= 0.3 is 10.1 Å². The Labute approximate surface area is 179 Å². The number of nitrogens with zero attached hydrogens (tertiary/aromatic N) is 2. The molecule has 7 nitrogen and oxygen atoms in total. The average Bonchev–Trinajstić information content (AvgIpc) is 3.56. The van der Waals surface area contributed by atoms with Crippen molar-refractivity contribution in [1.82, 2.24) is 10.2 Å². The molecule has 0 radical (unpaired) electrons. The van der Waals surface area contributed by atoms with E-state index >= 15 is 0 Å². The Kier molecular flexibility index (Phi) is 5.53. The van der Waals surface area contributed by atoms with Crippen LogP contribution < -0.4 is 13.7 Å². The van der Waals surface area contributed by atoms with Crippen LogP contribution in [-0.4, -0.2) is 25.7 Å². The summed E-state index contributed by atoms with van der Waals surface area (Å²) in [5, 5.41) is 7.69. The van der Waals surface area contributed by atoms with Crippen molar-refractivity contribution < 1.29 is 22.1 Å². The second-order valence-corrected chi connectivity index (χ2v) is 8.85. The molecule has 0 amide bonds. The van der Waals surface area contributed by atoms with Crippen LogP contribution in [0.5, 0.6) is 23.1 Å². The van der Waals surface area contributed by atoms with E-state index in [4.69, 9.17) is 25.3 Å². The first-order valence-electron chi connectivity index (χ1n) is 9.26. The van der Waals surface area contributed by atoms with Crippen molar-refractivity contribution in [1.29, 1.82) is 0 Å². The summed E-state index contributed by atoms with van der Waals surface area (Å²) in [6.07, 6.45) is 2.17. The molecular formula is C21H19ClN2O5S. The molecule has 4 rings (SSSR count). The summed E-state index contributed by atoms with van der Waals surface area (Å²) < 4.78 is 41.9. The number of methoxy groups -OCH3 is 1. The average molecular weight is 447 g/mol. The molecular weight excluding hydrogens is 428 g/mol. The molecule has 0 saturated heterocycles. The lowest BCUT2D eigenvalue weighted by molar-refractivity contribution is 0.409. The Morgan fingerprint density at radius 1 is 1.07 bits per heavy atom. The highest BCUT2D eigenvalue weighted by molar-refractivity contribution is 7.87. The van der Waals surface area contributed by atoms with Crippen molar-refractivity contribution >= 4 is 21.7 Å². The molecule has 0 aliphatic heterocycles. The monoisotopic (exact) mass is 446 g/mol. The van der Waals surface area contributed by atoms with Gasteiger partial charge in [-0.2, -0.15) is 8.42 Å². The van der Waals surface area contributed by atoms with Crippen LogP contribution in [0.15, 0.2) is 53.4 Å². The summed E-state index contributed by atoms with van der Waals surface area (Å²) in [6, 6.07) is 13.0. The van der Waals surface area contributed by atoms with Gasteiger partial charge in [0.25, 0.3) is 5.88 Å². The summed E-state index contributed by atoms with van der Waals surface area (Å²) in [4.78, 5) is -0.0447. The van der Waals surface area contributed by atoms with Gasteiger partial charge in [0.15, 0.2) is 5.15 Å². The van der Waals surface area contributed by atoms with Crippen LogP contribution in [0.2, 0.25) is 5.15 Å². The van der Waals surface area contributed by atoms with Crippen LogP contribution in [-0.2, 0) is 10.1 Å². The number of hydrogen-bond donors (Lipinski definition) is 0. The largest absolute Gasteiger partial charge is 0.497 e. The highest BCUT2D eigenvalue weighted by Gasteiger charge is 2.29. The van der Waals surface area contributed by atoms with Gasteiger partial charge in [0.2, 0.25) is 5.75 Å². The van der Waals surface area contributed by atoms with Crippen molar-refractivity contribution in [3.05, 3.63) is 64.8 Å². The molecule has 30 heavy (non-hydrogen) atoms. The summed E-state index contributed by atoms with van der Waals surface area (Å²) in [6.45, 7) is 1.92. The zero-order chi connectivity index (χ0) is 21.3. The molecule has 1 fully saturated rings. The van der Waals surface area contributed by atoms with E-state index in [1.165, 1.54) is 37.4 Å².